The summed E-state index contributed by atoms with van der Waals surface area (Å²) in [5.74, 6) is -2.18. The Kier molecular flexibility index (Phi) is 4.37. The maximum absolute atomic E-state index is 14.1. The molecule has 18 heavy (non-hydrogen) atoms. The average molecular weight is 278 g/mol. The smallest absolute Gasteiger partial charge is 0.474 e. The number of hydrogen-bond acceptors (Lipinski definition) is 3. The second-order valence-electron chi connectivity index (χ2n) is 3.79. The Hall–Kier alpha value is -1.10. The van der Waals surface area contributed by atoms with Crippen molar-refractivity contribution in [2.75, 3.05) is 21.2 Å². The molecule has 0 heterocycles. The molecule has 0 aromatic heterocycles. The van der Waals surface area contributed by atoms with Crippen molar-refractivity contribution >= 4 is 18.9 Å². The molecule has 0 spiro atoms. The van der Waals surface area contributed by atoms with Gasteiger partial charge in [0.05, 0.1) is 7.11 Å². The fraction of sp³-hybridized carbons (Fsp3) is 0.364. The highest BCUT2D eigenvalue weighted by molar-refractivity contribution is 7.78. The molecule has 0 saturated carbocycles. The van der Waals surface area contributed by atoms with Crippen LogP contribution in [0.25, 0.3) is 0 Å². The summed E-state index contributed by atoms with van der Waals surface area (Å²) in [6.45, 7) is 0. The van der Waals surface area contributed by atoms with Gasteiger partial charge in [-0.25, -0.2) is 9.32 Å². The molecule has 0 fully saturated rings. The Morgan fingerprint density at radius 2 is 1.83 bits per heavy atom. The van der Waals surface area contributed by atoms with Crippen molar-refractivity contribution in [3.8, 4) is 0 Å². The molecule has 0 aliphatic heterocycles. The molecule has 1 aromatic carbocycles. The highest BCUT2D eigenvalue weighted by Crippen LogP contribution is 2.71. The van der Waals surface area contributed by atoms with E-state index >= 15 is 0 Å². The van der Waals surface area contributed by atoms with Crippen molar-refractivity contribution in [2.45, 2.75) is 5.66 Å². The van der Waals surface area contributed by atoms with E-state index in [1.54, 1.807) is 18.2 Å². The van der Waals surface area contributed by atoms with Crippen molar-refractivity contribution < 1.29 is 23.2 Å². The molecule has 0 bridgehead atoms. The minimum atomic E-state index is -3.98. The molecule has 1 rings (SSSR count). The van der Waals surface area contributed by atoms with Crippen LogP contribution in [0.5, 0.6) is 0 Å². The highest BCUT2D eigenvalue weighted by Gasteiger charge is 2.73. The number of benzene rings is 1. The molecular formula is C11H15F2NO3P+. The molecule has 1 atom stereocenters. The first-order valence-electron chi connectivity index (χ1n) is 5.10. The van der Waals surface area contributed by atoms with E-state index in [4.69, 9.17) is 9.63 Å². The predicted octanol–water partition coefficient (Wildman–Crippen LogP) is 2.04. The minimum absolute atomic E-state index is 0.185. The molecular weight excluding hydrogens is 263 g/mol. The maximum atomic E-state index is 14.1. The second-order valence-corrected chi connectivity index (χ2v) is 7.18. The zero-order valence-corrected chi connectivity index (χ0v) is 11.2. The van der Waals surface area contributed by atoms with Crippen LogP contribution in [0.4, 0.5) is 8.78 Å². The van der Waals surface area contributed by atoms with Crippen LogP contribution in [0.2, 0.25) is 0 Å². The monoisotopic (exact) mass is 278 g/mol. The summed E-state index contributed by atoms with van der Waals surface area (Å²) >= 11 is 0. The molecule has 0 aliphatic rings. The summed E-state index contributed by atoms with van der Waals surface area (Å²) in [7, 11) is 0.129. The van der Waals surface area contributed by atoms with Crippen molar-refractivity contribution in [3.05, 3.63) is 30.3 Å². The number of carbonyl (C=O) groups is 1. The van der Waals surface area contributed by atoms with Gasteiger partial charge in [-0.1, -0.05) is 18.2 Å². The molecule has 0 radical (unpaired) electrons. The van der Waals surface area contributed by atoms with Crippen molar-refractivity contribution in [1.29, 1.82) is 0 Å². The molecule has 1 aromatic rings. The van der Waals surface area contributed by atoms with Gasteiger partial charge < -0.3 is 5.11 Å². The predicted molar refractivity (Wildman–Crippen MR) is 66.3 cm³/mol. The first-order valence-corrected chi connectivity index (χ1v) is 6.76. The van der Waals surface area contributed by atoms with Crippen molar-refractivity contribution in [2.24, 2.45) is 0 Å². The maximum Gasteiger partial charge on any atom is 0.499 e. The number of alkyl halides is 2. The third-order valence-corrected chi connectivity index (χ3v) is 6.18. The average Bonchev–Trinajstić information content (AvgIpc) is 2.31. The fourth-order valence-corrected chi connectivity index (χ4v) is 4.68. The normalized spacial score (nSPS) is 15.4. The van der Waals surface area contributed by atoms with Gasteiger partial charge in [0, 0.05) is 14.1 Å². The summed E-state index contributed by atoms with van der Waals surface area (Å²) in [6.07, 6.45) is 0. The topological polar surface area (TPSA) is 49.8 Å². The lowest BCUT2D eigenvalue weighted by Crippen LogP contribution is -2.43. The summed E-state index contributed by atoms with van der Waals surface area (Å²) < 4.78 is 34.4. The third-order valence-electron chi connectivity index (χ3n) is 2.57. The van der Waals surface area contributed by atoms with E-state index in [9.17, 15) is 13.6 Å². The Labute approximate surface area is 105 Å². The van der Waals surface area contributed by atoms with E-state index in [1.807, 2.05) is 0 Å². The highest BCUT2D eigenvalue weighted by atomic mass is 31.2. The van der Waals surface area contributed by atoms with Crippen molar-refractivity contribution in [3.63, 3.8) is 0 Å². The van der Waals surface area contributed by atoms with Gasteiger partial charge >= 0.3 is 19.3 Å². The fourth-order valence-electron chi connectivity index (χ4n) is 1.79. The lowest BCUT2D eigenvalue weighted by Gasteiger charge is -2.31. The minimum Gasteiger partial charge on any atom is -0.474 e. The van der Waals surface area contributed by atoms with Crippen LogP contribution in [0.3, 0.4) is 0 Å². The number of hydrogen-bond donors (Lipinski definition) is 1. The van der Waals surface area contributed by atoms with E-state index in [0.29, 0.717) is 0 Å². The van der Waals surface area contributed by atoms with Crippen LogP contribution >= 0.6 is 7.64 Å². The Morgan fingerprint density at radius 1 is 1.33 bits per heavy atom. The number of halogens is 2. The van der Waals surface area contributed by atoms with E-state index in [2.05, 4.69) is 0 Å². The Morgan fingerprint density at radius 3 is 2.17 bits per heavy atom. The first kappa shape index (κ1) is 15.0. The van der Waals surface area contributed by atoms with Crippen LogP contribution in [-0.4, -0.2) is 42.6 Å². The van der Waals surface area contributed by atoms with Gasteiger partial charge in [-0.2, -0.15) is 8.78 Å². The molecule has 0 saturated heterocycles. The lowest BCUT2D eigenvalue weighted by atomic mass is 10.4. The Balaban J connectivity index is 3.50. The van der Waals surface area contributed by atoms with Gasteiger partial charge in [0.1, 0.15) is 5.30 Å². The third kappa shape index (κ3) is 2.11. The number of carboxylic acids is 1. The van der Waals surface area contributed by atoms with E-state index in [1.165, 1.54) is 26.2 Å². The summed E-state index contributed by atoms with van der Waals surface area (Å²) in [5, 5.41) is 8.97. The molecule has 1 N–H and O–H groups in total. The first-order chi connectivity index (χ1) is 8.30. The van der Waals surface area contributed by atoms with Crippen LogP contribution in [0, 0.1) is 0 Å². The number of carboxylic acid groups (broad SMARTS) is 1. The van der Waals surface area contributed by atoms with E-state index in [-0.39, 0.29) is 5.30 Å². The largest absolute Gasteiger partial charge is 0.499 e. The molecule has 7 heteroatoms. The van der Waals surface area contributed by atoms with E-state index in [0.717, 1.165) is 11.8 Å². The van der Waals surface area contributed by atoms with Crippen LogP contribution in [-0.2, 0) is 9.32 Å². The Bertz CT molecular complexity index is 428. The molecule has 4 nitrogen and oxygen atoms in total. The van der Waals surface area contributed by atoms with Gasteiger partial charge in [0.15, 0.2) is 0 Å². The zero-order valence-electron chi connectivity index (χ0n) is 10.3. The quantitative estimate of drug-likeness (QED) is 0.837. The summed E-state index contributed by atoms with van der Waals surface area (Å²) in [4.78, 5) is 10.9. The second kappa shape index (κ2) is 5.26. The van der Waals surface area contributed by atoms with Crippen molar-refractivity contribution in [1.82, 2.24) is 4.67 Å². The van der Waals surface area contributed by atoms with Gasteiger partial charge in [-0.05, 0) is 12.1 Å². The van der Waals surface area contributed by atoms with E-state index < -0.39 is 19.3 Å². The standard InChI is InChI=1S/C11H14F2NO3P/c1-14(2)18(17-3,11(12,13)10(15)16)9-7-5-4-6-8-9/h4-8H,1-3H3/p+1. The number of aliphatic carboxylic acids is 1. The van der Waals surface area contributed by atoms with Gasteiger partial charge in [0.2, 0.25) is 0 Å². The summed E-state index contributed by atoms with van der Waals surface area (Å²) in [6, 6.07) is 7.72. The lowest BCUT2D eigenvalue weighted by molar-refractivity contribution is -0.154. The molecule has 0 amide bonds. The molecule has 0 aliphatic carbocycles. The summed E-state index contributed by atoms with van der Waals surface area (Å²) in [5.41, 5.74) is -3.98. The molecule has 1 unspecified atom stereocenters. The van der Waals surface area contributed by atoms with Crippen LogP contribution < -0.4 is 5.30 Å². The number of nitrogens with zero attached hydrogens (tertiary/aromatic N) is 1. The van der Waals surface area contributed by atoms with Crippen LogP contribution in [0.15, 0.2) is 30.3 Å². The zero-order chi connectivity index (χ0) is 14.0. The molecule has 100 valence electrons. The van der Waals surface area contributed by atoms with Crippen LogP contribution in [0.1, 0.15) is 0 Å². The van der Waals surface area contributed by atoms with Gasteiger partial charge in [0.25, 0.3) is 0 Å². The SMILES string of the molecule is CO[P+](c1ccccc1)(N(C)C)C(F)(F)C(=O)O. The number of rotatable bonds is 5. The van der Waals surface area contributed by atoms with Gasteiger partial charge in [-0.3, -0.25) is 0 Å². The van der Waals surface area contributed by atoms with Gasteiger partial charge in [-0.15, -0.1) is 4.67 Å².